The molecule has 0 fully saturated rings. The molecule has 0 radical (unpaired) electrons. The molecule has 1 aromatic heterocycles. The van der Waals surface area contributed by atoms with Gasteiger partial charge >= 0.3 is 6.18 Å². The summed E-state index contributed by atoms with van der Waals surface area (Å²) in [4.78, 5) is 1.22. The Morgan fingerprint density at radius 3 is 2.67 bits per heavy atom. The Bertz CT molecular complexity index is 310. The average molecular weight is 286 g/mol. The number of rotatable bonds is 4. The number of alkyl halides is 3. The van der Waals surface area contributed by atoms with Crippen LogP contribution in [0.15, 0.2) is 16.9 Å². The largest absolute Gasteiger partial charge is 0.401 e. The number of aromatic nitrogens is 2. The van der Waals surface area contributed by atoms with Crippen LogP contribution >= 0.6 is 15.9 Å². The van der Waals surface area contributed by atoms with E-state index in [4.69, 9.17) is 0 Å². The number of hydrogen-bond acceptors (Lipinski definition) is 2. The van der Waals surface area contributed by atoms with Crippen LogP contribution in [-0.2, 0) is 6.54 Å². The molecule has 86 valence electrons. The molecule has 1 rings (SSSR count). The summed E-state index contributed by atoms with van der Waals surface area (Å²) in [6, 6.07) is 0. The Balaban J connectivity index is 2.31. The second kappa shape index (κ2) is 4.98. The number of likely N-dealkylation sites (N-methyl/N-ethyl adjacent to an activating group) is 1. The number of nitrogens with zero attached hydrogens (tertiary/aromatic N) is 3. The molecule has 0 spiro atoms. The van der Waals surface area contributed by atoms with Gasteiger partial charge in [-0.1, -0.05) is 0 Å². The van der Waals surface area contributed by atoms with E-state index in [1.165, 1.54) is 11.9 Å². The van der Waals surface area contributed by atoms with Crippen LogP contribution in [-0.4, -0.2) is 41.0 Å². The third-order valence-electron chi connectivity index (χ3n) is 1.76. The lowest BCUT2D eigenvalue weighted by Gasteiger charge is -2.18. The van der Waals surface area contributed by atoms with Crippen LogP contribution in [0.25, 0.3) is 0 Å². The fourth-order valence-electron chi connectivity index (χ4n) is 1.12. The summed E-state index contributed by atoms with van der Waals surface area (Å²) in [7, 11) is 1.44. The van der Waals surface area contributed by atoms with Crippen LogP contribution in [0.3, 0.4) is 0 Å². The monoisotopic (exact) mass is 285 g/mol. The minimum Gasteiger partial charge on any atom is -0.296 e. The quantitative estimate of drug-likeness (QED) is 0.845. The fraction of sp³-hybridized carbons (Fsp3) is 0.625. The van der Waals surface area contributed by atoms with Gasteiger partial charge < -0.3 is 0 Å². The maximum absolute atomic E-state index is 12.0. The van der Waals surface area contributed by atoms with E-state index in [0.717, 1.165) is 4.47 Å². The molecule has 0 amide bonds. The van der Waals surface area contributed by atoms with Gasteiger partial charge in [0.25, 0.3) is 0 Å². The lowest BCUT2D eigenvalue weighted by molar-refractivity contribution is -0.143. The third kappa shape index (κ3) is 5.17. The third-order valence-corrected chi connectivity index (χ3v) is 2.17. The van der Waals surface area contributed by atoms with Crippen molar-refractivity contribution in [3.8, 4) is 0 Å². The molecule has 0 saturated heterocycles. The van der Waals surface area contributed by atoms with E-state index >= 15 is 0 Å². The molecule has 0 aliphatic rings. The van der Waals surface area contributed by atoms with Crippen molar-refractivity contribution in [1.29, 1.82) is 0 Å². The van der Waals surface area contributed by atoms with Crippen molar-refractivity contribution in [2.45, 2.75) is 12.7 Å². The zero-order valence-electron chi connectivity index (χ0n) is 8.13. The number of hydrogen-bond donors (Lipinski definition) is 0. The Morgan fingerprint density at radius 2 is 2.20 bits per heavy atom. The zero-order valence-corrected chi connectivity index (χ0v) is 9.72. The van der Waals surface area contributed by atoms with Crippen LogP contribution in [0, 0.1) is 0 Å². The topological polar surface area (TPSA) is 21.1 Å². The predicted molar refractivity (Wildman–Crippen MR) is 53.5 cm³/mol. The van der Waals surface area contributed by atoms with E-state index < -0.39 is 12.7 Å². The van der Waals surface area contributed by atoms with Gasteiger partial charge in [-0.3, -0.25) is 9.58 Å². The maximum Gasteiger partial charge on any atom is 0.401 e. The van der Waals surface area contributed by atoms with Gasteiger partial charge in [-0.15, -0.1) is 0 Å². The molecule has 0 unspecified atom stereocenters. The van der Waals surface area contributed by atoms with E-state index in [1.807, 2.05) is 0 Å². The summed E-state index contributed by atoms with van der Waals surface area (Å²) in [5, 5.41) is 3.95. The maximum atomic E-state index is 12.0. The highest BCUT2D eigenvalue weighted by Crippen LogP contribution is 2.15. The molecule has 3 nitrogen and oxygen atoms in total. The Labute approximate surface area is 94.0 Å². The molecule has 0 N–H and O–H groups in total. The van der Waals surface area contributed by atoms with Crippen LogP contribution in [0.2, 0.25) is 0 Å². The van der Waals surface area contributed by atoms with Gasteiger partial charge in [0.05, 0.1) is 23.8 Å². The Hall–Kier alpha value is -0.560. The van der Waals surface area contributed by atoms with Crippen molar-refractivity contribution in [3.63, 3.8) is 0 Å². The van der Waals surface area contributed by atoms with E-state index in [0.29, 0.717) is 13.1 Å². The summed E-state index contributed by atoms with van der Waals surface area (Å²) >= 11 is 3.21. The molecule has 0 aliphatic carbocycles. The smallest absolute Gasteiger partial charge is 0.296 e. The molecular formula is C8H11BrF3N3. The molecule has 0 bridgehead atoms. The zero-order chi connectivity index (χ0) is 11.5. The standard InChI is InChI=1S/C8H11BrF3N3/c1-14(6-8(10,11)12)2-3-15-5-7(9)4-13-15/h4-5H,2-3,6H2,1H3. The minimum absolute atomic E-state index is 0.313. The second-order valence-corrected chi connectivity index (χ2v) is 4.19. The Morgan fingerprint density at radius 1 is 1.53 bits per heavy atom. The van der Waals surface area contributed by atoms with Gasteiger partial charge in [-0.25, -0.2) is 0 Å². The summed E-state index contributed by atoms with van der Waals surface area (Å²) < 4.78 is 38.3. The summed E-state index contributed by atoms with van der Waals surface area (Å²) in [6.45, 7) is -0.138. The summed E-state index contributed by atoms with van der Waals surface area (Å²) in [5.41, 5.74) is 0. The highest BCUT2D eigenvalue weighted by Gasteiger charge is 2.28. The van der Waals surface area contributed by atoms with Gasteiger partial charge in [0, 0.05) is 12.7 Å². The first-order valence-corrected chi connectivity index (χ1v) is 5.09. The van der Waals surface area contributed by atoms with Gasteiger partial charge in [0.15, 0.2) is 0 Å². The SMILES string of the molecule is CN(CCn1cc(Br)cn1)CC(F)(F)F. The highest BCUT2D eigenvalue weighted by atomic mass is 79.9. The van der Waals surface area contributed by atoms with Crippen molar-refractivity contribution in [1.82, 2.24) is 14.7 Å². The van der Waals surface area contributed by atoms with E-state index in [-0.39, 0.29) is 0 Å². The molecule has 15 heavy (non-hydrogen) atoms. The van der Waals surface area contributed by atoms with Crippen LogP contribution in [0.5, 0.6) is 0 Å². The molecule has 7 heteroatoms. The minimum atomic E-state index is -4.14. The normalized spacial score (nSPS) is 12.4. The van der Waals surface area contributed by atoms with Gasteiger partial charge in [0.1, 0.15) is 0 Å². The summed E-state index contributed by atoms with van der Waals surface area (Å²) in [5.74, 6) is 0. The Kier molecular flexibility index (Phi) is 4.15. The van der Waals surface area contributed by atoms with Crippen LogP contribution in [0.4, 0.5) is 13.2 Å². The molecule has 1 heterocycles. The molecular weight excluding hydrogens is 275 g/mol. The van der Waals surface area contributed by atoms with Gasteiger partial charge in [-0.2, -0.15) is 18.3 Å². The first-order chi connectivity index (χ1) is 6.87. The van der Waals surface area contributed by atoms with Crippen LogP contribution in [0.1, 0.15) is 0 Å². The highest BCUT2D eigenvalue weighted by molar-refractivity contribution is 9.10. The predicted octanol–water partition coefficient (Wildman–Crippen LogP) is 2.14. The first-order valence-electron chi connectivity index (χ1n) is 4.30. The van der Waals surface area contributed by atoms with Crippen molar-refractivity contribution in [2.75, 3.05) is 20.1 Å². The molecule has 0 saturated carbocycles. The lowest BCUT2D eigenvalue weighted by atomic mass is 10.5. The van der Waals surface area contributed by atoms with Gasteiger partial charge in [0.2, 0.25) is 0 Å². The average Bonchev–Trinajstić information content (AvgIpc) is 2.45. The van der Waals surface area contributed by atoms with Crippen LogP contribution < -0.4 is 0 Å². The second-order valence-electron chi connectivity index (χ2n) is 3.27. The molecule has 1 aromatic rings. The van der Waals surface area contributed by atoms with Gasteiger partial charge in [-0.05, 0) is 23.0 Å². The lowest BCUT2D eigenvalue weighted by Crippen LogP contribution is -2.33. The van der Waals surface area contributed by atoms with E-state index in [2.05, 4.69) is 21.0 Å². The first kappa shape index (κ1) is 12.5. The van der Waals surface area contributed by atoms with Crippen molar-refractivity contribution in [2.24, 2.45) is 0 Å². The number of halogens is 4. The fourth-order valence-corrected chi connectivity index (χ4v) is 1.45. The van der Waals surface area contributed by atoms with Crippen molar-refractivity contribution >= 4 is 15.9 Å². The van der Waals surface area contributed by atoms with E-state index in [1.54, 1.807) is 17.1 Å². The molecule has 0 aliphatic heterocycles. The molecule has 0 aromatic carbocycles. The molecule has 0 atom stereocenters. The summed E-state index contributed by atoms with van der Waals surface area (Å²) in [6.07, 6.45) is -0.815. The van der Waals surface area contributed by atoms with Crippen molar-refractivity contribution in [3.05, 3.63) is 16.9 Å². The van der Waals surface area contributed by atoms with Crippen molar-refractivity contribution < 1.29 is 13.2 Å². The van der Waals surface area contributed by atoms with E-state index in [9.17, 15) is 13.2 Å².